The third-order valence-electron chi connectivity index (χ3n) is 4.93. The van der Waals surface area contributed by atoms with Gasteiger partial charge in [0, 0.05) is 38.4 Å². The van der Waals surface area contributed by atoms with Crippen LogP contribution < -0.4 is 27.8 Å². The fourth-order valence-corrected chi connectivity index (χ4v) is 3.29. The van der Waals surface area contributed by atoms with Crippen LogP contribution in [0.3, 0.4) is 0 Å². The number of unbranched alkanes of at least 4 members (excludes halogenated alkanes) is 2. The summed E-state index contributed by atoms with van der Waals surface area (Å²) in [4.78, 5) is 50.4. The first-order valence-corrected chi connectivity index (χ1v) is 10.3. The number of anilines is 1. The highest BCUT2D eigenvalue weighted by Gasteiger charge is 2.37. The van der Waals surface area contributed by atoms with Crippen molar-refractivity contribution in [1.29, 1.82) is 0 Å². The molecule has 2 rings (SSSR count). The summed E-state index contributed by atoms with van der Waals surface area (Å²) in [5.74, 6) is -0.850. The zero-order valence-electron chi connectivity index (χ0n) is 17.3. The molecule has 172 valence electrons. The Bertz CT molecular complexity index is 828. The second-order valence-corrected chi connectivity index (χ2v) is 7.39. The van der Waals surface area contributed by atoms with E-state index in [1.165, 1.54) is 16.8 Å². The normalized spacial score (nSPS) is 20.4. The summed E-state index contributed by atoms with van der Waals surface area (Å²) >= 11 is 0. The van der Waals surface area contributed by atoms with Gasteiger partial charge in [0.05, 0.1) is 12.6 Å². The number of nitrogens with zero attached hydrogens (tertiary/aromatic N) is 2. The lowest BCUT2D eigenvalue weighted by Crippen LogP contribution is -2.42. The van der Waals surface area contributed by atoms with Gasteiger partial charge in [0.2, 0.25) is 17.7 Å². The predicted octanol–water partition coefficient (Wildman–Crippen LogP) is -1.47. The van der Waals surface area contributed by atoms with Crippen LogP contribution in [0, 0.1) is 0 Å². The number of carbonyl (C=O) groups is 3. The number of hydrogen-bond donors (Lipinski definition) is 5. The van der Waals surface area contributed by atoms with Gasteiger partial charge in [-0.2, -0.15) is 4.98 Å². The van der Waals surface area contributed by atoms with Crippen LogP contribution >= 0.6 is 0 Å². The SMILES string of the molecule is NC(=O)CCCCCNC(=O)CCC(=O)N[C@H]1C[C@H](n2ccc(N)nc2=O)O[C@@H]1CO. The molecule has 7 N–H and O–H groups in total. The Morgan fingerprint density at radius 1 is 1.19 bits per heavy atom. The molecule has 3 amide bonds. The minimum Gasteiger partial charge on any atom is -0.394 e. The lowest BCUT2D eigenvalue weighted by Gasteiger charge is -2.17. The van der Waals surface area contributed by atoms with Gasteiger partial charge in [-0.25, -0.2) is 4.79 Å². The van der Waals surface area contributed by atoms with Crippen molar-refractivity contribution >= 4 is 23.5 Å². The summed E-state index contributed by atoms with van der Waals surface area (Å²) in [5.41, 5.74) is 9.96. The van der Waals surface area contributed by atoms with E-state index in [-0.39, 0.29) is 49.4 Å². The van der Waals surface area contributed by atoms with Gasteiger partial charge >= 0.3 is 5.69 Å². The van der Waals surface area contributed by atoms with Crippen molar-refractivity contribution in [2.45, 2.75) is 63.3 Å². The number of nitrogens with two attached hydrogens (primary N) is 2. The summed E-state index contributed by atoms with van der Waals surface area (Å²) in [6.07, 6.45) is 2.86. The number of rotatable bonds is 12. The van der Waals surface area contributed by atoms with E-state index in [0.29, 0.717) is 19.4 Å². The number of ether oxygens (including phenoxy) is 1. The van der Waals surface area contributed by atoms with Gasteiger partial charge in [0.15, 0.2) is 0 Å². The number of primary amides is 1. The Balaban J connectivity index is 1.72. The number of aliphatic hydroxyl groups is 1. The number of carbonyl (C=O) groups excluding carboxylic acids is 3. The highest BCUT2D eigenvalue weighted by molar-refractivity contribution is 5.83. The Hall–Kier alpha value is -2.99. The largest absolute Gasteiger partial charge is 0.394 e. The Labute approximate surface area is 179 Å². The minimum atomic E-state index is -0.694. The van der Waals surface area contributed by atoms with Crippen LogP contribution in [-0.2, 0) is 19.1 Å². The molecule has 1 aromatic heterocycles. The number of nitrogen functional groups attached to an aromatic ring is 1. The molecular formula is C19H30N6O6. The molecule has 31 heavy (non-hydrogen) atoms. The van der Waals surface area contributed by atoms with E-state index in [2.05, 4.69) is 15.6 Å². The number of amides is 3. The summed E-state index contributed by atoms with van der Waals surface area (Å²) in [6.45, 7) is 0.128. The molecule has 0 radical (unpaired) electrons. The second-order valence-electron chi connectivity index (χ2n) is 7.39. The van der Waals surface area contributed by atoms with Crippen LogP contribution in [0.15, 0.2) is 17.1 Å². The molecule has 0 spiro atoms. The van der Waals surface area contributed by atoms with Crippen molar-refractivity contribution in [3.63, 3.8) is 0 Å². The molecule has 3 atom stereocenters. The van der Waals surface area contributed by atoms with Gasteiger partial charge in [-0.15, -0.1) is 0 Å². The number of aliphatic hydroxyl groups excluding tert-OH is 1. The monoisotopic (exact) mass is 438 g/mol. The molecule has 12 nitrogen and oxygen atoms in total. The molecule has 1 aliphatic heterocycles. The first-order chi connectivity index (χ1) is 14.8. The predicted molar refractivity (Wildman–Crippen MR) is 110 cm³/mol. The van der Waals surface area contributed by atoms with Gasteiger partial charge in [0.25, 0.3) is 0 Å². The van der Waals surface area contributed by atoms with Crippen LogP contribution in [0.25, 0.3) is 0 Å². The molecule has 0 saturated carbocycles. The summed E-state index contributed by atoms with van der Waals surface area (Å²) < 4.78 is 6.92. The van der Waals surface area contributed by atoms with E-state index in [1.807, 2.05) is 0 Å². The van der Waals surface area contributed by atoms with Crippen LogP contribution in [0.1, 0.15) is 51.2 Å². The van der Waals surface area contributed by atoms with Gasteiger partial charge in [-0.3, -0.25) is 19.0 Å². The summed E-state index contributed by atoms with van der Waals surface area (Å²) in [7, 11) is 0. The fraction of sp³-hybridized carbons (Fsp3) is 0.632. The smallest absolute Gasteiger partial charge is 0.351 e. The minimum absolute atomic E-state index is 0.0177. The number of hydrogen-bond acceptors (Lipinski definition) is 8. The van der Waals surface area contributed by atoms with Gasteiger partial charge in [-0.05, 0) is 18.9 Å². The van der Waals surface area contributed by atoms with Crippen LogP contribution in [0.5, 0.6) is 0 Å². The summed E-state index contributed by atoms with van der Waals surface area (Å²) in [6, 6.07) is 0.946. The van der Waals surface area contributed by atoms with Crippen molar-refractivity contribution < 1.29 is 24.2 Å². The third-order valence-corrected chi connectivity index (χ3v) is 4.93. The Morgan fingerprint density at radius 2 is 1.94 bits per heavy atom. The maximum absolute atomic E-state index is 12.2. The lowest BCUT2D eigenvalue weighted by molar-refractivity contribution is -0.127. The quantitative estimate of drug-likeness (QED) is 0.244. The summed E-state index contributed by atoms with van der Waals surface area (Å²) in [5, 5.41) is 15.0. The van der Waals surface area contributed by atoms with E-state index in [9.17, 15) is 24.3 Å². The van der Waals surface area contributed by atoms with Crippen molar-refractivity contribution in [3.8, 4) is 0 Å². The van der Waals surface area contributed by atoms with Gasteiger partial charge in [-0.1, -0.05) is 6.42 Å². The molecule has 0 bridgehead atoms. The molecule has 0 aliphatic carbocycles. The second kappa shape index (κ2) is 12.0. The van der Waals surface area contributed by atoms with E-state index >= 15 is 0 Å². The van der Waals surface area contributed by atoms with Crippen LogP contribution in [0.4, 0.5) is 5.82 Å². The average Bonchev–Trinajstić information content (AvgIpc) is 3.11. The van der Waals surface area contributed by atoms with Crippen LogP contribution in [-0.4, -0.2) is 57.7 Å². The van der Waals surface area contributed by atoms with Gasteiger partial charge < -0.3 is 31.9 Å². The molecule has 12 heteroatoms. The topological polar surface area (TPSA) is 192 Å². The molecule has 2 heterocycles. The first-order valence-electron chi connectivity index (χ1n) is 10.3. The standard InChI is InChI=1S/C19H30N6O6/c20-14-7-9-25(19(30)24-14)18-10-12(13(11-26)31-18)23-17(29)6-5-16(28)22-8-3-1-2-4-15(21)27/h7,9,12-13,18,26H,1-6,8,10-11H2,(H2,21,27)(H,22,28)(H,23,29)(H2,20,24,30)/t12-,13+,18+/m0/s1. The highest BCUT2D eigenvalue weighted by Crippen LogP contribution is 2.27. The molecular weight excluding hydrogens is 408 g/mol. The number of nitrogens with one attached hydrogen (secondary N) is 2. The van der Waals surface area contributed by atoms with Gasteiger partial charge in [0.1, 0.15) is 18.1 Å². The molecule has 0 unspecified atom stereocenters. The fourth-order valence-electron chi connectivity index (χ4n) is 3.29. The van der Waals surface area contributed by atoms with E-state index in [4.69, 9.17) is 16.2 Å². The van der Waals surface area contributed by atoms with Crippen molar-refractivity contribution in [2.24, 2.45) is 5.73 Å². The average molecular weight is 438 g/mol. The molecule has 1 aromatic rings. The maximum Gasteiger partial charge on any atom is 0.351 e. The highest BCUT2D eigenvalue weighted by atomic mass is 16.5. The van der Waals surface area contributed by atoms with E-state index in [0.717, 1.165) is 12.8 Å². The van der Waals surface area contributed by atoms with Crippen LogP contribution in [0.2, 0.25) is 0 Å². The zero-order chi connectivity index (χ0) is 22.8. The molecule has 0 aromatic carbocycles. The third kappa shape index (κ3) is 7.98. The maximum atomic E-state index is 12.2. The lowest BCUT2D eigenvalue weighted by atomic mass is 10.1. The number of aromatic nitrogens is 2. The molecule has 1 fully saturated rings. The van der Waals surface area contributed by atoms with E-state index in [1.54, 1.807) is 0 Å². The van der Waals surface area contributed by atoms with E-state index < -0.39 is 24.1 Å². The molecule has 1 saturated heterocycles. The first kappa shape index (κ1) is 24.3. The van der Waals surface area contributed by atoms with Crippen molar-refractivity contribution in [2.75, 3.05) is 18.9 Å². The zero-order valence-corrected chi connectivity index (χ0v) is 17.3. The van der Waals surface area contributed by atoms with Crippen molar-refractivity contribution in [3.05, 3.63) is 22.7 Å². The Morgan fingerprint density at radius 3 is 2.61 bits per heavy atom. The van der Waals surface area contributed by atoms with Crippen molar-refractivity contribution in [1.82, 2.24) is 20.2 Å². The Kier molecular flexibility index (Phi) is 9.40. The molecule has 1 aliphatic rings.